The molecule has 0 aliphatic carbocycles. The molecular formula is C43H79N2O6P. The smallest absolute Gasteiger partial charge is 0.387 e. The van der Waals surface area contributed by atoms with Crippen LogP contribution >= 0.6 is 7.82 Å². The molecule has 8 nitrogen and oxygen atoms in total. The van der Waals surface area contributed by atoms with Crippen molar-refractivity contribution in [3.63, 3.8) is 0 Å². The van der Waals surface area contributed by atoms with Gasteiger partial charge in [0.2, 0.25) is 5.91 Å². The summed E-state index contributed by atoms with van der Waals surface area (Å²) in [5.74, 6) is -0.224. The zero-order chi connectivity index (χ0) is 38.2. The fourth-order valence-corrected chi connectivity index (χ4v) is 6.45. The molecule has 0 rings (SSSR count). The minimum atomic E-state index is -4.35. The van der Waals surface area contributed by atoms with Gasteiger partial charge in [0, 0.05) is 13.0 Å². The summed E-state index contributed by atoms with van der Waals surface area (Å²) in [6.45, 7) is 3.97. The SMILES string of the molecule is CC/C=C\C/C=C\C/C=C\CCCCCCCC(=O)NC(COP(=O)(O)OCCN)C(O)/C=C/CC/C=C/CCCCCCCCCCCCCC. The molecule has 0 aromatic heterocycles. The van der Waals surface area contributed by atoms with Crippen LogP contribution in [0.4, 0.5) is 0 Å². The highest BCUT2D eigenvalue weighted by Crippen LogP contribution is 2.43. The fourth-order valence-electron chi connectivity index (χ4n) is 5.69. The second-order valence-electron chi connectivity index (χ2n) is 13.8. The van der Waals surface area contributed by atoms with Gasteiger partial charge >= 0.3 is 7.82 Å². The normalized spacial score (nSPS) is 14.8. The lowest BCUT2D eigenvalue weighted by molar-refractivity contribution is -0.123. The van der Waals surface area contributed by atoms with E-state index < -0.39 is 20.0 Å². The largest absolute Gasteiger partial charge is 0.472 e. The minimum Gasteiger partial charge on any atom is -0.387 e. The Balaban J connectivity index is 4.33. The predicted octanol–water partition coefficient (Wildman–Crippen LogP) is 11.5. The molecule has 3 unspecified atom stereocenters. The van der Waals surface area contributed by atoms with Gasteiger partial charge in [-0.1, -0.05) is 164 Å². The third-order valence-electron chi connectivity index (χ3n) is 8.83. The number of amides is 1. The van der Waals surface area contributed by atoms with E-state index in [0.717, 1.165) is 77.0 Å². The van der Waals surface area contributed by atoms with E-state index in [4.69, 9.17) is 14.8 Å². The van der Waals surface area contributed by atoms with Gasteiger partial charge in [-0.25, -0.2) is 4.57 Å². The van der Waals surface area contributed by atoms with Crippen molar-refractivity contribution < 1.29 is 28.4 Å². The van der Waals surface area contributed by atoms with Crippen LogP contribution in [-0.2, 0) is 18.4 Å². The number of nitrogens with one attached hydrogen (secondary N) is 1. The molecule has 0 heterocycles. The van der Waals surface area contributed by atoms with Crippen molar-refractivity contribution in [3.8, 4) is 0 Å². The number of phosphoric acid groups is 1. The lowest BCUT2D eigenvalue weighted by Crippen LogP contribution is -2.45. The van der Waals surface area contributed by atoms with Crippen molar-refractivity contribution in [1.29, 1.82) is 0 Å². The van der Waals surface area contributed by atoms with Crippen LogP contribution in [0.2, 0.25) is 0 Å². The van der Waals surface area contributed by atoms with Gasteiger partial charge in [0.25, 0.3) is 0 Å². The van der Waals surface area contributed by atoms with E-state index >= 15 is 0 Å². The third kappa shape index (κ3) is 36.6. The van der Waals surface area contributed by atoms with E-state index in [-0.39, 0.29) is 25.7 Å². The molecule has 0 saturated heterocycles. The van der Waals surface area contributed by atoms with E-state index in [2.05, 4.69) is 67.8 Å². The summed E-state index contributed by atoms with van der Waals surface area (Å²) in [7, 11) is -4.35. The van der Waals surface area contributed by atoms with E-state index in [0.29, 0.717) is 6.42 Å². The Morgan fingerprint density at radius 2 is 1.13 bits per heavy atom. The van der Waals surface area contributed by atoms with Crippen molar-refractivity contribution in [2.24, 2.45) is 5.73 Å². The Morgan fingerprint density at radius 3 is 1.71 bits per heavy atom. The number of aliphatic hydroxyl groups excluding tert-OH is 1. The standard InChI is InChI=1S/C43H79N2O6P/c1-3-5-7-9-11-13-15-17-19-20-21-23-24-26-28-30-32-34-36-42(46)41(40-51-52(48,49)50-39-38-44)45-43(47)37-35-33-31-29-27-25-22-18-16-14-12-10-8-6-4-2/h6,8,12,14,18,22,26,28,34,36,41-42,46H,3-5,7,9-11,13,15-17,19-21,23-25,27,29-33,35,37-40,44H2,1-2H3,(H,45,47)(H,48,49)/b8-6-,14-12-,22-18-,28-26+,36-34+. The molecule has 302 valence electrons. The lowest BCUT2D eigenvalue weighted by Gasteiger charge is -2.23. The Labute approximate surface area is 319 Å². The number of rotatable bonds is 38. The number of allylic oxidation sites excluding steroid dienone is 9. The summed E-state index contributed by atoms with van der Waals surface area (Å²) in [6.07, 6.45) is 48.4. The first-order chi connectivity index (χ1) is 25.4. The number of phosphoric ester groups is 1. The van der Waals surface area contributed by atoms with Gasteiger partial charge in [0.1, 0.15) is 0 Å². The highest BCUT2D eigenvalue weighted by molar-refractivity contribution is 7.47. The number of hydrogen-bond donors (Lipinski definition) is 4. The van der Waals surface area contributed by atoms with Crippen LogP contribution in [0, 0.1) is 0 Å². The van der Waals surface area contributed by atoms with Crippen LogP contribution < -0.4 is 11.1 Å². The van der Waals surface area contributed by atoms with E-state index in [1.165, 1.54) is 77.0 Å². The van der Waals surface area contributed by atoms with Gasteiger partial charge in [-0.3, -0.25) is 13.8 Å². The molecule has 0 aromatic carbocycles. The number of nitrogens with two attached hydrogens (primary N) is 1. The van der Waals surface area contributed by atoms with Crippen molar-refractivity contribution in [3.05, 3.63) is 60.8 Å². The first-order valence-corrected chi connectivity index (χ1v) is 22.4. The van der Waals surface area contributed by atoms with Gasteiger partial charge in [-0.05, 0) is 64.2 Å². The Hall–Kier alpha value is -1.80. The molecule has 52 heavy (non-hydrogen) atoms. The topological polar surface area (TPSA) is 131 Å². The monoisotopic (exact) mass is 751 g/mol. The predicted molar refractivity (Wildman–Crippen MR) is 221 cm³/mol. The van der Waals surface area contributed by atoms with Crippen LogP contribution in [0.1, 0.15) is 174 Å². The van der Waals surface area contributed by atoms with Gasteiger partial charge in [0.15, 0.2) is 0 Å². The summed E-state index contributed by atoms with van der Waals surface area (Å²) in [5, 5.41) is 13.6. The molecule has 3 atom stereocenters. The molecule has 5 N–H and O–H groups in total. The van der Waals surface area contributed by atoms with Crippen molar-refractivity contribution in [2.75, 3.05) is 19.8 Å². The molecule has 0 radical (unpaired) electrons. The number of hydrogen-bond acceptors (Lipinski definition) is 6. The minimum absolute atomic E-state index is 0.0684. The van der Waals surface area contributed by atoms with E-state index in [1.807, 2.05) is 6.08 Å². The third-order valence-corrected chi connectivity index (χ3v) is 9.81. The summed E-state index contributed by atoms with van der Waals surface area (Å²) in [4.78, 5) is 22.6. The maximum absolute atomic E-state index is 12.7. The second kappa shape index (κ2) is 38.9. The molecule has 0 saturated carbocycles. The first-order valence-electron chi connectivity index (χ1n) is 20.9. The van der Waals surface area contributed by atoms with Gasteiger partial charge in [0.05, 0.1) is 25.4 Å². The zero-order valence-corrected chi connectivity index (χ0v) is 34.2. The average molecular weight is 751 g/mol. The average Bonchev–Trinajstić information content (AvgIpc) is 3.13. The molecule has 1 amide bonds. The maximum Gasteiger partial charge on any atom is 0.472 e. The fraction of sp³-hybridized carbons (Fsp3) is 0.744. The number of unbranched alkanes of at least 4 members (excludes halogenated alkanes) is 18. The summed E-state index contributed by atoms with van der Waals surface area (Å²) >= 11 is 0. The molecule has 0 fully saturated rings. The van der Waals surface area contributed by atoms with Crippen molar-refractivity contribution in [1.82, 2.24) is 5.32 Å². The highest BCUT2D eigenvalue weighted by atomic mass is 31.2. The first kappa shape index (κ1) is 50.2. The molecule has 0 aliphatic heterocycles. The quantitative estimate of drug-likeness (QED) is 0.0281. The van der Waals surface area contributed by atoms with Gasteiger partial charge in [-0.2, -0.15) is 0 Å². The summed E-state index contributed by atoms with van der Waals surface area (Å²) in [5.41, 5.74) is 5.36. The number of aliphatic hydroxyl groups is 1. The lowest BCUT2D eigenvalue weighted by atomic mass is 10.0. The molecule has 0 aliphatic rings. The van der Waals surface area contributed by atoms with Crippen molar-refractivity contribution in [2.45, 2.75) is 187 Å². The molecule has 9 heteroatoms. The Bertz CT molecular complexity index is 996. The molecule has 0 bridgehead atoms. The van der Waals surface area contributed by atoms with Crippen LogP contribution in [-0.4, -0.2) is 47.8 Å². The van der Waals surface area contributed by atoms with E-state index in [9.17, 15) is 19.4 Å². The van der Waals surface area contributed by atoms with Crippen LogP contribution in [0.15, 0.2) is 60.8 Å². The van der Waals surface area contributed by atoms with Crippen LogP contribution in [0.25, 0.3) is 0 Å². The highest BCUT2D eigenvalue weighted by Gasteiger charge is 2.26. The second-order valence-corrected chi connectivity index (χ2v) is 15.3. The van der Waals surface area contributed by atoms with Gasteiger partial charge in [-0.15, -0.1) is 0 Å². The van der Waals surface area contributed by atoms with E-state index in [1.54, 1.807) is 6.08 Å². The van der Waals surface area contributed by atoms with Crippen molar-refractivity contribution >= 4 is 13.7 Å². The van der Waals surface area contributed by atoms with Crippen LogP contribution in [0.5, 0.6) is 0 Å². The van der Waals surface area contributed by atoms with Crippen LogP contribution in [0.3, 0.4) is 0 Å². The maximum atomic E-state index is 12.7. The molecular weight excluding hydrogens is 671 g/mol. The zero-order valence-electron chi connectivity index (χ0n) is 33.3. The number of carbonyl (C=O) groups is 1. The summed E-state index contributed by atoms with van der Waals surface area (Å²) in [6, 6.07) is -0.888. The summed E-state index contributed by atoms with van der Waals surface area (Å²) < 4.78 is 22.1. The Morgan fingerprint density at radius 1 is 0.654 bits per heavy atom. The number of carbonyl (C=O) groups excluding carboxylic acids is 1. The Kier molecular flexibility index (Phi) is 37.6. The van der Waals surface area contributed by atoms with Gasteiger partial charge < -0.3 is 21.1 Å². The molecule has 0 spiro atoms. The molecule has 0 aromatic rings.